The van der Waals surface area contributed by atoms with Gasteiger partial charge in [-0.15, -0.1) is 0 Å². The Morgan fingerprint density at radius 3 is 2.33 bits per heavy atom. The van der Waals surface area contributed by atoms with Crippen LogP contribution in [0.15, 0.2) is 12.1 Å². The zero-order valence-corrected chi connectivity index (χ0v) is 8.91. The van der Waals surface area contributed by atoms with Crippen molar-refractivity contribution in [2.24, 2.45) is 0 Å². The number of nitriles is 1. The summed E-state index contributed by atoms with van der Waals surface area (Å²) in [4.78, 5) is 20.7. The van der Waals surface area contributed by atoms with E-state index in [1.54, 1.807) is 0 Å². The van der Waals surface area contributed by atoms with Gasteiger partial charge in [0, 0.05) is 6.07 Å². The van der Waals surface area contributed by atoms with E-state index >= 15 is 0 Å². The van der Waals surface area contributed by atoms with Crippen molar-refractivity contribution < 1.29 is 22.9 Å². The van der Waals surface area contributed by atoms with Gasteiger partial charge in [0.25, 0.3) is 5.69 Å². The van der Waals surface area contributed by atoms with Gasteiger partial charge in [-0.1, -0.05) is 0 Å². The Hall–Kier alpha value is -2.43. The molecular formula is C10H5F3N2O3. The lowest BCUT2D eigenvalue weighted by molar-refractivity contribution is -0.385. The third-order valence-corrected chi connectivity index (χ3v) is 2.14. The first kappa shape index (κ1) is 13.6. The number of nitrogens with zero attached hydrogens (tertiary/aromatic N) is 2. The lowest BCUT2D eigenvalue weighted by atomic mass is 9.96. The van der Waals surface area contributed by atoms with Crippen LogP contribution in [-0.2, 0) is 6.18 Å². The third kappa shape index (κ3) is 2.29. The molecule has 0 radical (unpaired) electrons. The monoisotopic (exact) mass is 258 g/mol. The largest absolute Gasteiger partial charge is 0.418 e. The van der Waals surface area contributed by atoms with E-state index in [0.29, 0.717) is 12.1 Å². The quantitative estimate of drug-likeness (QED) is 0.463. The van der Waals surface area contributed by atoms with Crippen molar-refractivity contribution in [1.29, 1.82) is 5.26 Å². The first-order chi connectivity index (χ1) is 8.20. The van der Waals surface area contributed by atoms with Crippen LogP contribution in [0.1, 0.15) is 28.4 Å². The number of nitro groups is 1. The summed E-state index contributed by atoms with van der Waals surface area (Å²) < 4.78 is 38.3. The van der Waals surface area contributed by atoms with E-state index < -0.39 is 39.3 Å². The minimum absolute atomic E-state index is 0.674. The van der Waals surface area contributed by atoms with E-state index in [1.807, 2.05) is 0 Å². The number of alkyl halides is 3. The van der Waals surface area contributed by atoms with Gasteiger partial charge in [0.15, 0.2) is 5.78 Å². The number of hydrogen-bond donors (Lipinski definition) is 0. The molecule has 8 heteroatoms. The smallest absolute Gasteiger partial charge is 0.294 e. The van der Waals surface area contributed by atoms with Crippen LogP contribution in [0.3, 0.4) is 0 Å². The molecule has 0 bridgehead atoms. The number of carbonyl (C=O) groups is 1. The topological polar surface area (TPSA) is 84.0 Å². The highest BCUT2D eigenvalue weighted by molar-refractivity contribution is 6.00. The Morgan fingerprint density at radius 2 is 2.00 bits per heavy atom. The normalized spacial score (nSPS) is 10.8. The number of nitro benzene ring substituents is 1. The molecule has 0 aliphatic carbocycles. The average Bonchev–Trinajstić information content (AvgIpc) is 2.25. The summed E-state index contributed by atoms with van der Waals surface area (Å²) in [5, 5.41) is 19.2. The van der Waals surface area contributed by atoms with Gasteiger partial charge in [-0.2, -0.15) is 18.4 Å². The Labute approximate surface area is 98.6 Å². The van der Waals surface area contributed by atoms with Crippen molar-refractivity contribution in [3.05, 3.63) is 38.9 Å². The summed E-state index contributed by atoms with van der Waals surface area (Å²) >= 11 is 0. The van der Waals surface area contributed by atoms with Crippen molar-refractivity contribution >= 4 is 11.5 Å². The number of ketones is 1. The molecule has 0 aliphatic rings. The second kappa shape index (κ2) is 4.44. The van der Waals surface area contributed by atoms with Crippen LogP contribution in [0, 0.1) is 21.4 Å². The molecular weight excluding hydrogens is 253 g/mol. The lowest BCUT2D eigenvalue weighted by Crippen LogP contribution is -2.16. The van der Waals surface area contributed by atoms with Gasteiger partial charge in [-0.25, -0.2) is 0 Å². The summed E-state index contributed by atoms with van der Waals surface area (Å²) in [6.07, 6.45) is -5.02. The van der Waals surface area contributed by atoms with Crippen LogP contribution in [0.5, 0.6) is 0 Å². The van der Waals surface area contributed by atoms with E-state index in [1.165, 1.54) is 6.07 Å². The van der Waals surface area contributed by atoms with Gasteiger partial charge in [0.2, 0.25) is 0 Å². The molecule has 1 aromatic rings. The van der Waals surface area contributed by atoms with Gasteiger partial charge < -0.3 is 0 Å². The van der Waals surface area contributed by atoms with Crippen LogP contribution in [0.4, 0.5) is 18.9 Å². The minimum Gasteiger partial charge on any atom is -0.294 e. The van der Waals surface area contributed by atoms with E-state index in [4.69, 9.17) is 5.26 Å². The molecule has 0 fully saturated rings. The lowest BCUT2D eigenvalue weighted by Gasteiger charge is -2.12. The molecule has 0 amide bonds. The number of rotatable bonds is 2. The minimum atomic E-state index is -5.02. The fourth-order valence-corrected chi connectivity index (χ4v) is 1.49. The molecule has 0 N–H and O–H groups in total. The maximum atomic E-state index is 12.8. The van der Waals surface area contributed by atoms with Crippen LogP contribution < -0.4 is 0 Å². The molecule has 0 aliphatic heterocycles. The molecule has 94 valence electrons. The highest BCUT2D eigenvalue weighted by Crippen LogP contribution is 2.38. The standard InChI is InChI=1S/C10H5F3N2O3/c1-5(16)8-7(15(17)18)3-2-6(4-14)9(8)10(11,12)13/h2-3H,1H3. The highest BCUT2D eigenvalue weighted by Gasteiger charge is 2.41. The van der Waals surface area contributed by atoms with Crippen molar-refractivity contribution in [2.75, 3.05) is 0 Å². The summed E-state index contributed by atoms with van der Waals surface area (Å²) in [7, 11) is 0. The van der Waals surface area contributed by atoms with Gasteiger partial charge in [-0.05, 0) is 13.0 Å². The van der Waals surface area contributed by atoms with Crippen molar-refractivity contribution in [1.82, 2.24) is 0 Å². The molecule has 0 saturated carbocycles. The first-order valence-electron chi connectivity index (χ1n) is 4.49. The van der Waals surface area contributed by atoms with E-state index in [9.17, 15) is 28.1 Å². The molecule has 5 nitrogen and oxygen atoms in total. The molecule has 0 saturated heterocycles. The number of halogens is 3. The SMILES string of the molecule is CC(=O)c1c([N+](=O)[O-])ccc(C#N)c1C(F)(F)F. The van der Waals surface area contributed by atoms with Gasteiger partial charge in [-0.3, -0.25) is 14.9 Å². The van der Waals surface area contributed by atoms with Gasteiger partial charge in [0.1, 0.15) is 5.56 Å². The predicted octanol–water partition coefficient (Wildman–Crippen LogP) is 2.69. The third-order valence-electron chi connectivity index (χ3n) is 2.14. The molecule has 0 atom stereocenters. The molecule has 1 aromatic carbocycles. The number of hydrogen-bond acceptors (Lipinski definition) is 4. The zero-order valence-electron chi connectivity index (χ0n) is 8.91. The predicted molar refractivity (Wildman–Crippen MR) is 52.8 cm³/mol. The van der Waals surface area contributed by atoms with Crippen LogP contribution in [-0.4, -0.2) is 10.7 Å². The van der Waals surface area contributed by atoms with E-state index in [2.05, 4.69) is 0 Å². The number of benzene rings is 1. The van der Waals surface area contributed by atoms with Crippen LogP contribution in [0.2, 0.25) is 0 Å². The maximum absolute atomic E-state index is 12.8. The second-order valence-electron chi connectivity index (χ2n) is 3.31. The Balaban J connectivity index is 3.84. The summed E-state index contributed by atoms with van der Waals surface area (Å²) in [5.41, 5.74) is -4.44. The Kier molecular flexibility index (Phi) is 3.37. The van der Waals surface area contributed by atoms with Crippen molar-refractivity contribution in [3.8, 4) is 6.07 Å². The summed E-state index contributed by atoms with van der Waals surface area (Å²) in [6, 6.07) is 2.66. The van der Waals surface area contributed by atoms with Crippen molar-refractivity contribution in [2.45, 2.75) is 13.1 Å². The second-order valence-corrected chi connectivity index (χ2v) is 3.31. The zero-order chi connectivity index (χ0) is 14.1. The van der Waals surface area contributed by atoms with E-state index in [-0.39, 0.29) is 0 Å². The Bertz CT molecular complexity index is 573. The molecule has 0 unspecified atom stereocenters. The average molecular weight is 258 g/mol. The van der Waals surface area contributed by atoms with Gasteiger partial charge in [0.05, 0.1) is 22.1 Å². The van der Waals surface area contributed by atoms with Gasteiger partial charge >= 0.3 is 6.18 Å². The molecule has 18 heavy (non-hydrogen) atoms. The van der Waals surface area contributed by atoms with Crippen LogP contribution >= 0.6 is 0 Å². The highest BCUT2D eigenvalue weighted by atomic mass is 19.4. The Morgan fingerprint density at radius 1 is 1.44 bits per heavy atom. The fourth-order valence-electron chi connectivity index (χ4n) is 1.49. The summed E-state index contributed by atoms with van der Waals surface area (Å²) in [5.74, 6) is -1.12. The molecule has 0 spiro atoms. The molecule has 1 rings (SSSR count). The fraction of sp³-hybridized carbons (Fsp3) is 0.200. The maximum Gasteiger partial charge on any atom is 0.418 e. The van der Waals surface area contributed by atoms with E-state index in [0.717, 1.165) is 6.92 Å². The first-order valence-corrected chi connectivity index (χ1v) is 4.49. The van der Waals surface area contributed by atoms with Crippen LogP contribution in [0.25, 0.3) is 0 Å². The number of carbonyl (C=O) groups excluding carboxylic acids is 1. The van der Waals surface area contributed by atoms with Crippen molar-refractivity contribution in [3.63, 3.8) is 0 Å². The number of Topliss-reactive ketones (excluding diaryl/α,β-unsaturated/α-hetero) is 1. The molecule has 0 heterocycles. The summed E-state index contributed by atoms with van der Waals surface area (Å²) in [6.45, 7) is 0.777. The molecule has 0 aromatic heterocycles.